The van der Waals surface area contributed by atoms with E-state index in [1.165, 1.54) is 11.8 Å². The Morgan fingerprint density at radius 2 is 1.91 bits per heavy atom. The molecule has 2 atom stereocenters. The highest BCUT2D eigenvalue weighted by Crippen LogP contribution is 2.59. The Bertz CT molecular complexity index is 774. The van der Waals surface area contributed by atoms with Crippen LogP contribution in [0.15, 0.2) is 62.9 Å². The molecule has 0 saturated heterocycles. The summed E-state index contributed by atoms with van der Waals surface area (Å²) in [6.07, 6.45) is 0. The second-order valence-electron chi connectivity index (χ2n) is 5.58. The van der Waals surface area contributed by atoms with E-state index in [1.54, 1.807) is 6.92 Å². The van der Waals surface area contributed by atoms with Crippen LogP contribution in [-0.4, -0.2) is 17.4 Å². The topological polar surface area (TPSA) is 21.6 Å². The highest BCUT2D eigenvalue weighted by Gasteiger charge is 2.61. The fraction of sp³-hybridized carbons (Fsp3) is 0.235. The van der Waals surface area contributed by atoms with Crippen molar-refractivity contribution >= 4 is 33.6 Å². The zero-order valence-electron chi connectivity index (χ0n) is 11.8. The summed E-state index contributed by atoms with van der Waals surface area (Å²) in [6, 6.07) is 15.3. The molecule has 2 heterocycles. The number of alkyl halides is 1. The van der Waals surface area contributed by atoms with Gasteiger partial charge in [0.05, 0.1) is 6.54 Å². The number of halogens is 2. The molecule has 2 aromatic carbocycles. The van der Waals surface area contributed by atoms with Crippen LogP contribution in [0.2, 0.25) is 0 Å². The quantitative estimate of drug-likeness (QED) is 0.703. The number of hydrogen-bond acceptors (Lipinski definition) is 3. The smallest absolute Gasteiger partial charge is 0.218 e. The molecule has 112 valence electrons. The maximum Gasteiger partial charge on any atom is 0.218 e. The molecule has 2 unspecified atom stereocenters. The highest BCUT2D eigenvalue weighted by atomic mass is 79.9. The van der Waals surface area contributed by atoms with Crippen molar-refractivity contribution in [1.29, 1.82) is 0 Å². The van der Waals surface area contributed by atoms with Crippen LogP contribution in [-0.2, 0) is 10.4 Å². The first kappa shape index (κ1) is 14.3. The van der Waals surface area contributed by atoms with Crippen LogP contribution in [0.4, 0.5) is 4.39 Å². The standard InChI is InChI=1S/C17H13BrFNOS/c1-16(19)13-4-2-3-5-14(13)22-17(16)10-20-15(21-17)11-6-8-12(18)9-7-11/h2-9H,10H2,1H3. The number of thioether (sulfide) groups is 1. The molecule has 5 heteroatoms. The lowest BCUT2D eigenvalue weighted by atomic mass is 9.92. The second-order valence-corrected chi connectivity index (χ2v) is 7.80. The van der Waals surface area contributed by atoms with E-state index in [-0.39, 0.29) is 0 Å². The number of aliphatic imine (C=N–C) groups is 1. The molecule has 0 amide bonds. The number of rotatable bonds is 1. The van der Waals surface area contributed by atoms with Crippen molar-refractivity contribution in [3.63, 3.8) is 0 Å². The Labute approximate surface area is 140 Å². The summed E-state index contributed by atoms with van der Waals surface area (Å²) in [7, 11) is 0. The van der Waals surface area contributed by atoms with Crippen LogP contribution in [0.1, 0.15) is 18.1 Å². The summed E-state index contributed by atoms with van der Waals surface area (Å²) in [6.45, 7) is 1.90. The Morgan fingerprint density at radius 3 is 2.64 bits per heavy atom. The van der Waals surface area contributed by atoms with Gasteiger partial charge < -0.3 is 4.74 Å². The molecule has 2 aliphatic rings. The van der Waals surface area contributed by atoms with Crippen LogP contribution in [0.5, 0.6) is 0 Å². The molecule has 2 nitrogen and oxygen atoms in total. The number of fused-ring (bicyclic) bond motifs is 1. The van der Waals surface area contributed by atoms with Crippen molar-refractivity contribution in [2.45, 2.75) is 22.4 Å². The Hall–Kier alpha value is -1.33. The number of nitrogens with zero attached hydrogens (tertiary/aromatic N) is 1. The van der Waals surface area contributed by atoms with Crippen molar-refractivity contribution in [3.05, 3.63) is 64.1 Å². The summed E-state index contributed by atoms with van der Waals surface area (Å²) in [5.74, 6) is 0.511. The molecule has 4 rings (SSSR count). The van der Waals surface area contributed by atoms with Gasteiger partial charge in [-0.3, -0.25) is 0 Å². The van der Waals surface area contributed by atoms with E-state index in [0.717, 1.165) is 14.9 Å². The van der Waals surface area contributed by atoms with Crippen molar-refractivity contribution in [2.24, 2.45) is 4.99 Å². The Kier molecular flexibility index (Phi) is 3.13. The summed E-state index contributed by atoms with van der Waals surface area (Å²) < 4.78 is 22.5. The molecule has 0 N–H and O–H groups in total. The molecule has 0 aromatic heterocycles. The summed E-state index contributed by atoms with van der Waals surface area (Å²) in [4.78, 5) is 4.40. The van der Waals surface area contributed by atoms with Gasteiger partial charge in [-0.1, -0.05) is 45.9 Å². The van der Waals surface area contributed by atoms with Gasteiger partial charge in [0, 0.05) is 20.5 Å². The minimum atomic E-state index is -1.57. The van der Waals surface area contributed by atoms with Crippen molar-refractivity contribution in [2.75, 3.05) is 6.54 Å². The predicted molar refractivity (Wildman–Crippen MR) is 90.1 cm³/mol. The molecule has 0 aliphatic carbocycles. The van der Waals surface area contributed by atoms with E-state index < -0.39 is 10.6 Å². The molecule has 0 fully saturated rings. The highest BCUT2D eigenvalue weighted by molar-refractivity contribution is 9.10. The fourth-order valence-corrected chi connectivity index (χ4v) is 4.55. The van der Waals surface area contributed by atoms with Gasteiger partial charge in [-0.2, -0.15) is 0 Å². The van der Waals surface area contributed by atoms with E-state index in [0.29, 0.717) is 18.0 Å². The summed E-state index contributed by atoms with van der Waals surface area (Å²) in [5, 5.41) is 0. The van der Waals surface area contributed by atoms with Crippen molar-refractivity contribution in [3.8, 4) is 0 Å². The average molecular weight is 378 g/mol. The van der Waals surface area contributed by atoms with E-state index >= 15 is 4.39 Å². The van der Waals surface area contributed by atoms with Gasteiger partial charge in [0.1, 0.15) is 0 Å². The van der Waals surface area contributed by atoms with Gasteiger partial charge in [0.25, 0.3) is 0 Å². The molecule has 2 aliphatic heterocycles. The molecule has 0 radical (unpaired) electrons. The zero-order chi connectivity index (χ0) is 15.4. The first-order valence-corrected chi connectivity index (χ1v) is 8.60. The average Bonchev–Trinajstić information content (AvgIpc) is 3.02. The van der Waals surface area contributed by atoms with Gasteiger partial charge in [0.2, 0.25) is 10.8 Å². The predicted octanol–water partition coefficient (Wildman–Crippen LogP) is 4.91. The van der Waals surface area contributed by atoms with E-state index in [9.17, 15) is 0 Å². The lowest BCUT2D eigenvalue weighted by molar-refractivity contribution is 0.00760. The number of hydrogen-bond donors (Lipinski definition) is 0. The summed E-state index contributed by atoms with van der Waals surface area (Å²) in [5.41, 5.74) is -0.0193. The van der Waals surface area contributed by atoms with Gasteiger partial charge in [-0.25, -0.2) is 9.38 Å². The first-order valence-electron chi connectivity index (χ1n) is 6.99. The monoisotopic (exact) mass is 377 g/mol. The van der Waals surface area contributed by atoms with Crippen molar-refractivity contribution < 1.29 is 9.13 Å². The van der Waals surface area contributed by atoms with Crippen LogP contribution < -0.4 is 0 Å². The lowest BCUT2D eigenvalue weighted by Crippen LogP contribution is -2.43. The molecule has 22 heavy (non-hydrogen) atoms. The van der Waals surface area contributed by atoms with Crippen molar-refractivity contribution in [1.82, 2.24) is 0 Å². The van der Waals surface area contributed by atoms with E-state index in [4.69, 9.17) is 4.74 Å². The maximum absolute atomic E-state index is 15.5. The van der Waals surface area contributed by atoms with Gasteiger partial charge in [-0.15, -0.1) is 0 Å². The zero-order valence-corrected chi connectivity index (χ0v) is 14.2. The van der Waals surface area contributed by atoms with Crippen LogP contribution in [0, 0.1) is 0 Å². The van der Waals surface area contributed by atoms with Crippen LogP contribution >= 0.6 is 27.7 Å². The van der Waals surface area contributed by atoms with Gasteiger partial charge in [-0.05, 0) is 37.3 Å². The molecule has 2 aromatic rings. The molecule has 0 bridgehead atoms. The second kappa shape index (κ2) is 4.83. The molecular formula is C17H13BrFNOS. The normalized spacial score (nSPS) is 29.3. The van der Waals surface area contributed by atoms with E-state index in [2.05, 4.69) is 20.9 Å². The van der Waals surface area contributed by atoms with Gasteiger partial charge in [0.15, 0.2) is 5.67 Å². The lowest BCUT2D eigenvalue weighted by Gasteiger charge is -2.32. The first-order chi connectivity index (χ1) is 10.5. The summed E-state index contributed by atoms with van der Waals surface area (Å²) >= 11 is 4.84. The number of ether oxygens (including phenoxy) is 1. The molecule has 1 spiro atoms. The minimum Gasteiger partial charge on any atom is -0.453 e. The third kappa shape index (κ3) is 1.95. The van der Waals surface area contributed by atoms with Gasteiger partial charge >= 0.3 is 0 Å². The SMILES string of the molecule is CC1(F)c2ccccc2SC12CN=C(c1ccc(Br)cc1)O2. The number of benzene rings is 2. The molecule has 0 saturated carbocycles. The third-order valence-electron chi connectivity index (χ3n) is 4.17. The fourth-order valence-electron chi connectivity index (χ4n) is 2.86. The largest absolute Gasteiger partial charge is 0.453 e. The third-order valence-corrected chi connectivity index (χ3v) is 6.20. The van der Waals surface area contributed by atoms with Crippen LogP contribution in [0.3, 0.4) is 0 Å². The van der Waals surface area contributed by atoms with Crippen LogP contribution in [0.25, 0.3) is 0 Å². The van der Waals surface area contributed by atoms with E-state index in [1.807, 2.05) is 48.5 Å². The Balaban J connectivity index is 1.68. The molecular weight excluding hydrogens is 365 g/mol. The minimum absolute atomic E-state index is 0.310. The Morgan fingerprint density at radius 1 is 1.18 bits per heavy atom. The maximum atomic E-state index is 15.5.